The third-order valence-corrected chi connectivity index (χ3v) is 6.00. The summed E-state index contributed by atoms with van der Waals surface area (Å²) in [5.74, 6) is -0.558. The lowest BCUT2D eigenvalue weighted by atomic mass is 9.77. The van der Waals surface area contributed by atoms with E-state index in [-0.39, 0.29) is 17.9 Å². The molecule has 0 radical (unpaired) electrons. The molecule has 2 aromatic rings. The van der Waals surface area contributed by atoms with Crippen molar-refractivity contribution in [2.75, 3.05) is 18.6 Å². The van der Waals surface area contributed by atoms with Crippen LogP contribution in [0.1, 0.15) is 5.56 Å². The van der Waals surface area contributed by atoms with Gasteiger partial charge in [0.15, 0.2) is 0 Å². The highest BCUT2D eigenvalue weighted by atomic mass is 16.5. The van der Waals surface area contributed by atoms with Crippen LogP contribution in [-0.2, 0) is 20.9 Å². The van der Waals surface area contributed by atoms with Crippen molar-refractivity contribution in [2.24, 2.45) is 11.8 Å². The van der Waals surface area contributed by atoms with Crippen LogP contribution in [0.15, 0.2) is 60.9 Å². The van der Waals surface area contributed by atoms with Crippen molar-refractivity contribution < 1.29 is 19.1 Å². The van der Waals surface area contributed by atoms with E-state index in [1.54, 1.807) is 24.4 Å². The summed E-state index contributed by atoms with van der Waals surface area (Å²) in [5.41, 5.74) is 0.997. The first-order valence-electron chi connectivity index (χ1n) is 9.60. The molecule has 1 aromatic heterocycles. The number of nitrogens with zero attached hydrogens (tertiary/aromatic N) is 2. The Bertz CT molecular complexity index is 975. The van der Waals surface area contributed by atoms with E-state index >= 15 is 0 Å². The fraction of sp³-hybridized carbons (Fsp3) is 0.318. The molecule has 1 spiro atoms. The quantitative estimate of drug-likeness (QED) is 0.785. The fourth-order valence-electron chi connectivity index (χ4n) is 4.59. The van der Waals surface area contributed by atoms with Gasteiger partial charge in [0, 0.05) is 24.6 Å². The Kier molecular flexibility index (Phi) is 4.13. The fourth-order valence-corrected chi connectivity index (χ4v) is 4.59. The number of carbonyl (C=O) groups is 2. The van der Waals surface area contributed by atoms with Gasteiger partial charge >= 0.3 is 0 Å². The monoisotopic (exact) mass is 391 g/mol. The van der Waals surface area contributed by atoms with E-state index in [9.17, 15) is 9.59 Å². The maximum absolute atomic E-state index is 13.3. The van der Waals surface area contributed by atoms with Crippen LogP contribution in [0.5, 0.6) is 5.75 Å². The Hall–Kier alpha value is -3.19. The molecule has 7 nitrogen and oxygen atoms in total. The zero-order chi connectivity index (χ0) is 20.0. The molecule has 3 aliphatic heterocycles. The molecule has 0 unspecified atom stereocenters. The first-order chi connectivity index (χ1) is 14.1. The SMILES string of the molecule is COc1ccc(N2C[C@@]34C=C[C@@H](O3)[C@@H](C(=O)NCc3ccncc3)[C@H]4C2=O)cc1. The second kappa shape index (κ2) is 6.70. The molecule has 5 rings (SSSR count). The molecule has 2 fully saturated rings. The number of ether oxygens (including phenoxy) is 2. The van der Waals surface area contributed by atoms with E-state index in [2.05, 4.69) is 10.3 Å². The van der Waals surface area contributed by atoms with Crippen LogP contribution in [-0.4, -0.2) is 42.2 Å². The summed E-state index contributed by atoms with van der Waals surface area (Å²) in [4.78, 5) is 32.0. The molecule has 4 atom stereocenters. The first-order valence-corrected chi connectivity index (χ1v) is 9.60. The standard InChI is InChI=1S/C22H21N3O4/c1-28-16-4-2-15(3-5-16)25-13-22-9-6-17(29-22)18(19(22)21(25)27)20(26)24-12-14-7-10-23-11-8-14/h2-11,17-19H,12-13H2,1H3,(H,24,26)/t17-,18-,19+,22-/m1/s1. The van der Waals surface area contributed by atoms with Gasteiger partial charge in [-0.05, 0) is 42.0 Å². The van der Waals surface area contributed by atoms with Gasteiger partial charge in [-0.2, -0.15) is 0 Å². The average molecular weight is 391 g/mol. The van der Waals surface area contributed by atoms with Crippen molar-refractivity contribution >= 4 is 17.5 Å². The van der Waals surface area contributed by atoms with Crippen LogP contribution >= 0.6 is 0 Å². The number of hydrogen-bond donors (Lipinski definition) is 1. The highest BCUT2D eigenvalue weighted by molar-refractivity contribution is 6.03. The Balaban J connectivity index is 1.37. The molecule has 0 saturated carbocycles. The predicted molar refractivity (Wildman–Crippen MR) is 105 cm³/mol. The third-order valence-electron chi connectivity index (χ3n) is 6.00. The number of pyridine rings is 1. The summed E-state index contributed by atoms with van der Waals surface area (Å²) in [5, 5.41) is 2.96. The van der Waals surface area contributed by atoms with E-state index in [4.69, 9.17) is 9.47 Å². The molecule has 2 saturated heterocycles. The van der Waals surface area contributed by atoms with Crippen molar-refractivity contribution in [1.29, 1.82) is 0 Å². The molecule has 1 aromatic carbocycles. The van der Waals surface area contributed by atoms with Crippen molar-refractivity contribution in [3.05, 3.63) is 66.5 Å². The minimum absolute atomic E-state index is 0.0777. The predicted octanol–water partition coefficient (Wildman–Crippen LogP) is 1.69. The summed E-state index contributed by atoms with van der Waals surface area (Å²) >= 11 is 0. The normalized spacial score (nSPS) is 29.2. The van der Waals surface area contributed by atoms with Crippen molar-refractivity contribution in [3.8, 4) is 5.75 Å². The van der Waals surface area contributed by atoms with E-state index in [0.717, 1.165) is 17.0 Å². The Morgan fingerprint density at radius 2 is 2.03 bits per heavy atom. The molecule has 4 heterocycles. The van der Waals surface area contributed by atoms with Gasteiger partial charge in [0.1, 0.15) is 11.4 Å². The Morgan fingerprint density at radius 3 is 2.76 bits per heavy atom. The van der Waals surface area contributed by atoms with Crippen molar-refractivity contribution in [2.45, 2.75) is 18.2 Å². The van der Waals surface area contributed by atoms with Crippen LogP contribution in [0.2, 0.25) is 0 Å². The van der Waals surface area contributed by atoms with Gasteiger partial charge in [0.25, 0.3) is 0 Å². The molecular formula is C22H21N3O4. The highest BCUT2D eigenvalue weighted by Crippen LogP contribution is 2.52. The number of nitrogens with one attached hydrogen (secondary N) is 1. The van der Waals surface area contributed by atoms with Crippen LogP contribution < -0.4 is 15.0 Å². The van der Waals surface area contributed by atoms with Crippen LogP contribution in [0.3, 0.4) is 0 Å². The van der Waals surface area contributed by atoms with Crippen LogP contribution in [0, 0.1) is 11.8 Å². The van der Waals surface area contributed by atoms with Crippen molar-refractivity contribution in [3.63, 3.8) is 0 Å². The van der Waals surface area contributed by atoms with Crippen molar-refractivity contribution in [1.82, 2.24) is 10.3 Å². The largest absolute Gasteiger partial charge is 0.497 e. The maximum atomic E-state index is 13.3. The Morgan fingerprint density at radius 1 is 1.28 bits per heavy atom. The number of methoxy groups -OCH3 is 1. The number of amides is 2. The van der Waals surface area contributed by atoms with Gasteiger partial charge in [-0.3, -0.25) is 14.6 Å². The number of carbonyl (C=O) groups excluding carboxylic acids is 2. The summed E-state index contributed by atoms with van der Waals surface area (Å²) in [6.07, 6.45) is 6.88. The van der Waals surface area contributed by atoms with Gasteiger partial charge < -0.3 is 19.7 Å². The van der Waals surface area contributed by atoms with Gasteiger partial charge in [-0.25, -0.2) is 0 Å². The highest BCUT2D eigenvalue weighted by Gasteiger charge is 2.67. The van der Waals surface area contributed by atoms with Crippen LogP contribution in [0.25, 0.3) is 0 Å². The minimum atomic E-state index is -0.736. The zero-order valence-electron chi connectivity index (χ0n) is 15.9. The lowest BCUT2D eigenvalue weighted by Gasteiger charge is -2.23. The molecule has 29 heavy (non-hydrogen) atoms. The van der Waals surface area contributed by atoms with Crippen LogP contribution in [0.4, 0.5) is 5.69 Å². The lowest BCUT2D eigenvalue weighted by Crippen LogP contribution is -2.43. The molecule has 3 aliphatic rings. The lowest BCUT2D eigenvalue weighted by molar-refractivity contribution is -0.132. The molecule has 148 valence electrons. The first kappa shape index (κ1) is 17.9. The summed E-state index contributed by atoms with van der Waals surface area (Å²) in [7, 11) is 1.60. The summed E-state index contributed by atoms with van der Waals surface area (Å²) < 4.78 is 11.4. The summed E-state index contributed by atoms with van der Waals surface area (Å²) in [6, 6.07) is 11.0. The van der Waals surface area contributed by atoms with E-state index < -0.39 is 17.4 Å². The smallest absolute Gasteiger partial charge is 0.234 e. The summed E-state index contributed by atoms with van der Waals surface area (Å²) in [6.45, 7) is 0.800. The van der Waals surface area contributed by atoms with E-state index in [0.29, 0.717) is 13.1 Å². The molecule has 1 N–H and O–H groups in total. The molecule has 7 heteroatoms. The Labute approximate surface area is 168 Å². The number of rotatable bonds is 5. The second-order valence-electron chi connectivity index (χ2n) is 7.60. The van der Waals surface area contributed by atoms with Gasteiger partial charge in [0.05, 0.1) is 31.6 Å². The molecule has 0 aliphatic carbocycles. The third kappa shape index (κ3) is 2.81. The number of anilines is 1. The van der Waals surface area contributed by atoms with Gasteiger partial charge in [-0.1, -0.05) is 12.2 Å². The number of aromatic nitrogens is 1. The zero-order valence-corrected chi connectivity index (χ0v) is 15.9. The average Bonchev–Trinajstić information content (AvgIpc) is 3.41. The minimum Gasteiger partial charge on any atom is -0.497 e. The van der Waals surface area contributed by atoms with Gasteiger partial charge in [-0.15, -0.1) is 0 Å². The van der Waals surface area contributed by atoms with E-state index in [1.165, 1.54) is 0 Å². The number of hydrogen-bond acceptors (Lipinski definition) is 5. The molecular weight excluding hydrogens is 370 g/mol. The maximum Gasteiger partial charge on any atom is 0.234 e. The molecule has 2 bridgehead atoms. The van der Waals surface area contributed by atoms with Gasteiger partial charge in [0.2, 0.25) is 11.8 Å². The number of benzene rings is 1. The molecule has 2 amide bonds. The van der Waals surface area contributed by atoms with E-state index in [1.807, 2.05) is 48.6 Å². The second-order valence-corrected chi connectivity index (χ2v) is 7.60. The topological polar surface area (TPSA) is 80.8 Å². The number of fused-ring (bicyclic) bond motifs is 1.